The van der Waals surface area contributed by atoms with Crippen LogP contribution in [0.25, 0.3) is 0 Å². The lowest BCUT2D eigenvalue weighted by Crippen LogP contribution is -2.43. The lowest BCUT2D eigenvalue weighted by Gasteiger charge is -2.40. The first-order chi connectivity index (χ1) is 9.02. The Morgan fingerprint density at radius 1 is 1.37 bits per heavy atom. The molecule has 2 nitrogen and oxygen atoms in total. The van der Waals surface area contributed by atoms with Gasteiger partial charge in [0, 0.05) is 23.6 Å². The number of nitrogens with two attached hydrogens (primary N) is 1. The molecule has 19 heavy (non-hydrogen) atoms. The van der Waals surface area contributed by atoms with E-state index in [-0.39, 0.29) is 0 Å². The van der Waals surface area contributed by atoms with Gasteiger partial charge in [-0.15, -0.1) is 0 Å². The first kappa shape index (κ1) is 15.0. The molecule has 3 unspecified atom stereocenters. The van der Waals surface area contributed by atoms with Crippen LogP contribution in [0.1, 0.15) is 37.4 Å². The normalized spacial score (nSPS) is 26.4. The van der Waals surface area contributed by atoms with E-state index in [1.54, 1.807) is 0 Å². The highest BCUT2D eigenvalue weighted by Gasteiger charge is 2.28. The Hall–Kier alpha value is -0.380. The minimum absolute atomic E-state index is 0.338. The molecule has 3 atom stereocenters. The summed E-state index contributed by atoms with van der Waals surface area (Å²) in [6, 6.07) is 6.93. The van der Waals surface area contributed by atoms with E-state index >= 15 is 0 Å². The molecule has 1 fully saturated rings. The molecular weight excluding hydrogens is 300 g/mol. The Labute approximate surface area is 125 Å². The highest BCUT2D eigenvalue weighted by Crippen LogP contribution is 2.32. The monoisotopic (exact) mass is 324 g/mol. The van der Waals surface area contributed by atoms with Crippen LogP contribution in [-0.2, 0) is 0 Å². The quantitative estimate of drug-likeness (QED) is 0.917. The third-order valence-corrected chi connectivity index (χ3v) is 5.23. The van der Waals surface area contributed by atoms with E-state index in [9.17, 15) is 0 Å². The van der Waals surface area contributed by atoms with Crippen molar-refractivity contribution >= 4 is 15.9 Å². The molecule has 3 heteroatoms. The Balaban J connectivity index is 2.20. The third-order valence-electron chi connectivity index (χ3n) is 4.54. The van der Waals surface area contributed by atoms with Gasteiger partial charge in [0.1, 0.15) is 0 Å². The molecule has 106 valence electrons. The van der Waals surface area contributed by atoms with Crippen LogP contribution >= 0.6 is 15.9 Å². The summed E-state index contributed by atoms with van der Waals surface area (Å²) in [6.45, 7) is 9.84. The maximum atomic E-state index is 6.06. The van der Waals surface area contributed by atoms with Crippen molar-refractivity contribution in [3.8, 4) is 0 Å². The Bertz CT molecular complexity index is 433. The van der Waals surface area contributed by atoms with Gasteiger partial charge in [-0.1, -0.05) is 41.9 Å². The summed E-state index contributed by atoms with van der Waals surface area (Å²) in [4.78, 5) is 2.56. The summed E-state index contributed by atoms with van der Waals surface area (Å²) in [7, 11) is 0. The molecule has 0 radical (unpaired) electrons. The van der Waals surface area contributed by atoms with Crippen molar-refractivity contribution in [2.75, 3.05) is 19.6 Å². The van der Waals surface area contributed by atoms with E-state index < -0.39 is 0 Å². The summed E-state index contributed by atoms with van der Waals surface area (Å²) in [5.41, 5.74) is 8.67. The molecule has 1 aliphatic heterocycles. The third kappa shape index (κ3) is 3.39. The van der Waals surface area contributed by atoms with Crippen molar-refractivity contribution in [1.29, 1.82) is 0 Å². The van der Waals surface area contributed by atoms with E-state index in [0.29, 0.717) is 12.6 Å². The average molecular weight is 325 g/mol. The lowest BCUT2D eigenvalue weighted by atomic mass is 9.87. The Morgan fingerprint density at radius 3 is 2.68 bits per heavy atom. The second kappa shape index (κ2) is 6.38. The van der Waals surface area contributed by atoms with Crippen LogP contribution in [0.2, 0.25) is 0 Å². The van der Waals surface area contributed by atoms with Crippen molar-refractivity contribution < 1.29 is 0 Å². The SMILES string of the molecule is Cc1ccc(C(CN)N2CCC(C)C(C)C2)c(Br)c1. The number of benzene rings is 1. The Morgan fingerprint density at radius 2 is 2.11 bits per heavy atom. The number of hydrogen-bond acceptors (Lipinski definition) is 2. The molecule has 0 spiro atoms. The first-order valence-corrected chi connectivity index (χ1v) is 8.02. The van der Waals surface area contributed by atoms with E-state index in [0.717, 1.165) is 24.9 Å². The fourth-order valence-electron chi connectivity index (χ4n) is 2.95. The van der Waals surface area contributed by atoms with Crippen LogP contribution in [0.5, 0.6) is 0 Å². The van der Waals surface area contributed by atoms with Crippen LogP contribution in [0, 0.1) is 18.8 Å². The van der Waals surface area contributed by atoms with Gasteiger partial charge in [-0.3, -0.25) is 4.90 Å². The highest BCUT2D eigenvalue weighted by atomic mass is 79.9. The van der Waals surface area contributed by atoms with E-state index in [2.05, 4.69) is 59.8 Å². The molecule has 1 heterocycles. The summed E-state index contributed by atoms with van der Waals surface area (Å²) in [6.07, 6.45) is 1.28. The van der Waals surface area contributed by atoms with Crippen LogP contribution in [-0.4, -0.2) is 24.5 Å². The van der Waals surface area contributed by atoms with Gasteiger partial charge in [0.25, 0.3) is 0 Å². The molecule has 0 bridgehead atoms. The number of rotatable bonds is 3. The Kier molecular flexibility index (Phi) is 5.04. The standard InChI is InChI=1S/C16H25BrN2/c1-11-4-5-14(15(17)8-11)16(9-18)19-7-6-12(2)13(3)10-19/h4-5,8,12-13,16H,6-7,9-10,18H2,1-3H3. The van der Waals surface area contributed by atoms with Gasteiger partial charge < -0.3 is 5.73 Å². The summed E-state index contributed by atoms with van der Waals surface area (Å²) in [5.74, 6) is 1.59. The molecule has 1 aromatic rings. The molecule has 0 saturated carbocycles. The number of piperidine rings is 1. The molecule has 1 aliphatic rings. The second-order valence-electron chi connectivity index (χ2n) is 6.01. The summed E-state index contributed by atoms with van der Waals surface area (Å²) < 4.78 is 1.19. The molecule has 0 amide bonds. The number of hydrogen-bond donors (Lipinski definition) is 1. The fourth-order valence-corrected chi connectivity index (χ4v) is 3.71. The molecule has 0 aliphatic carbocycles. The predicted molar refractivity (Wildman–Crippen MR) is 85.2 cm³/mol. The van der Waals surface area contributed by atoms with Gasteiger partial charge in [0.15, 0.2) is 0 Å². The van der Waals surface area contributed by atoms with Gasteiger partial charge >= 0.3 is 0 Å². The van der Waals surface area contributed by atoms with Crippen molar-refractivity contribution in [3.63, 3.8) is 0 Å². The topological polar surface area (TPSA) is 29.3 Å². The fraction of sp³-hybridized carbons (Fsp3) is 0.625. The van der Waals surface area contributed by atoms with Crippen LogP contribution in [0.15, 0.2) is 22.7 Å². The highest BCUT2D eigenvalue weighted by molar-refractivity contribution is 9.10. The molecule has 1 saturated heterocycles. The maximum absolute atomic E-state index is 6.06. The van der Waals surface area contributed by atoms with Crippen molar-refractivity contribution in [2.45, 2.75) is 33.2 Å². The molecular formula is C16H25BrN2. The predicted octanol–water partition coefficient (Wildman–Crippen LogP) is 3.74. The number of nitrogens with zero attached hydrogens (tertiary/aromatic N) is 1. The van der Waals surface area contributed by atoms with Gasteiger partial charge in [-0.2, -0.15) is 0 Å². The number of likely N-dealkylation sites (tertiary alicyclic amines) is 1. The van der Waals surface area contributed by atoms with Crippen molar-refractivity contribution in [2.24, 2.45) is 17.6 Å². The van der Waals surface area contributed by atoms with E-state index in [1.807, 2.05) is 0 Å². The second-order valence-corrected chi connectivity index (χ2v) is 6.87. The minimum atomic E-state index is 0.338. The van der Waals surface area contributed by atoms with Gasteiger partial charge in [0.2, 0.25) is 0 Å². The summed E-state index contributed by atoms with van der Waals surface area (Å²) >= 11 is 3.70. The van der Waals surface area contributed by atoms with Crippen LogP contribution < -0.4 is 5.73 Å². The number of halogens is 1. The number of aryl methyl sites for hydroxylation is 1. The smallest absolute Gasteiger partial charge is 0.0481 e. The first-order valence-electron chi connectivity index (χ1n) is 7.23. The molecule has 2 rings (SSSR count). The van der Waals surface area contributed by atoms with Crippen molar-refractivity contribution in [3.05, 3.63) is 33.8 Å². The van der Waals surface area contributed by atoms with E-state index in [4.69, 9.17) is 5.73 Å². The maximum Gasteiger partial charge on any atom is 0.0481 e. The molecule has 2 N–H and O–H groups in total. The zero-order valence-electron chi connectivity index (χ0n) is 12.2. The minimum Gasteiger partial charge on any atom is -0.329 e. The lowest BCUT2D eigenvalue weighted by molar-refractivity contribution is 0.0980. The molecule has 0 aromatic heterocycles. The molecule has 1 aromatic carbocycles. The van der Waals surface area contributed by atoms with Gasteiger partial charge in [-0.25, -0.2) is 0 Å². The van der Waals surface area contributed by atoms with Gasteiger partial charge in [-0.05, 0) is 48.9 Å². The average Bonchev–Trinajstić information content (AvgIpc) is 2.37. The van der Waals surface area contributed by atoms with Gasteiger partial charge in [0.05, 0.1) is 0 Å². The van der Waals surface area contributed by atoms with Crippen LogP contribution in [0.3, 0.4) is 0 Å². The zero-order valence-corrected chi connectivity index (χ0v) is 13.8. The summed E-state index contributed by atoms with van der Waals surface area (Å²) in [5, 5.41) is 0. The zero-order chi connectivity index (χ0) is 14.0. The van der Waals surface area contributed by atoms with Crippen LogP contribution in [0.4, 0.5) is 0 Å². The largest absolute Gasteiger partial charge is 0.329 e. The van der Waals surface area contributed by atoms with E-state index in [1.165, 1.54) is 22.0 Å². The van der Waals surface area contributed by atoms with Crippen molar-refractivity contribution in [1.82, 2.24) is 4.90 Å².